The number of alkyl halides is 1. The lowest BCUT2D eigenvalue weighted by molar-refractivity contribution is -0.119. The molecule has 0 aromatic carbocycles. The second kappa shape index (κ2) is 4.56. The summed E-state index contributed by atoms with van der Waals surface area (Å²) in [5, 5.41) is 2.43. The lowest BCUT2D eigenvalue weighted by Crippen LogP contribution is -2.33. The lowest BCUT2D eigenvalue weighted by Gasteiger charge is -2.32. The zero-order valence-corrected chi connectivity index (χ0v) is 10.7. The fraction of sp³-hybridized carbons (Fsp3) is 0.750. The first-order valence-electron chi connectivity index (χ1n) is 5.47. The van der Waals surface area contributed by atoms with Crippen LogP contribution in [0.2, 0.25) is 0 Å². The van der Waals surface area contributed by atoms with Crippen molar-refractivity contribution < 1.29 is 4.79 Å². The molecule has 1 aliphatic rings. The van der Waals surface area contributed by atoms with Gasteiger partial charge in [-0.05, 0) is 31.1 Å². The van der Waals surface area contributed by atoms with Gasteiger partial charge in [-0.3, -0.25) is 4.79 Å². The molecule has 15 heavy (non-hydrogen) atoms. The Kier molecular flexibility index (Phi) is 3.82. The molecule has 1 rings (SSSR count). The number of carbonyl (C=O) groups excluding carboxylic acids is 1. The van der Waals surface area contributed by atoms with Crippen LogP contribution in [-0.2, 0) is 4.79 Å². The molecule has 3 heteroatoms. The van der Waals surface area contributed by atoms with Gasteiger partial charge in [0.15, 0.2) is 0 Å². The monoisotopic (exact) mass is 229 g/mol. The Balaban J connectivity index is 2.69. The Labute approximate surface area is 97.1 Å². The van der Waals surface area contributed by atoms with E-state index >= 15 is 0 Å². The van der Waals surface area contributed by atoms with Crippen LogP contribution in [0, 0.1) is 11.3 Å². The van der Waals surface area contributed by atoms with E-state index in [0.717, 1.165) is 12.1 Å². The molecule has 1 N–H and O–H groups in total. The molecule has 0 aromatic heterocycles. The number of carbonyl (C=O) groups is 1. The molecule has 2 atom stereocenters. The van der Waals surface area contributed by atoms with Gasteiger partial charge in [-0.15, -0.1) is 11.6 Å². The number of rotatable bonds is 2. The molecule has 0 radical (unpaired) electrons. The predicted octanol–water partition coefficient (Wildman–Crippen LogP) is 3.07. The van der Waals surface area contributed by atoms with E-state index in [0.29, 0.717) is 5.92 Å². The van der Waals surface area contributed by atoms with E-state index in [4.69, 9.17) is 11.6 Å². The van der Waals surface area contributed by atoms with Crippen molar-refractivity contribution in [3.05, 3.63) is 11.8 Å². The first-order chi connectivity index (χ1) is 6.80. The Morgan fingerprint density at radius 2 is 2.27 bits per heavy atom. The highest BCUT2D eigenvalue weighted by atomic mass is 35.5. The van der Waals surface area contributed by atoms with Crippen LogP contribution in [0.4, 0.5) is 0 Å². The maximum Gasteiger partial charge on any atom is 0.241 e. The summed E-state index contributed by atoms with van der Waals surface area (Å²) in [6.07, 6.45) is 4.27. The van der Waals surface area contributed by atoms with Crippen LogP contribution in [0.3, 0.4) is 0 Å². The third-order valence-corrected chi connectivity index (χ3v) is 2.85. The van der Waals surface area contributed by atoms with Crippen molar-refractivity contribution in [1.82, 2.24) is 5.32 Å². The summed E-state index contributed by atoms with van der Waals surface area (Å²) in [4.78, 5) is 11.4. The van der Waals surface area contributed by atoms with Crippen LogP contribution >= 0.6 is 11.6 Å². The fourth-order valence-corrected chi connectivity index (χ4v) is 2.33. The zero-order chi connectivity index (χ0) is 11.6. The molecule has 0 saturated heterocycles. The molecule has 2 unspecified atom stereocenters. The van der Waals surface area contributed by atoms with Gasteiger partial charge in [-0.1, -0.05) is 26.8 Å². The molecular formula is C12H20ClNO. The minimum absolute atomic E-state index is 0.104. The maximum absolute atomic E-state index is 11.4. The van der Waals surface area contributed by atoms with Crippen LogP contribution in [0.1, 0.15) is 40.5 Å². The van der Waals surface area contributed by atoms with E-state index in [-0.39, 0.29) is 11.3 Å². The molecule has 0 saturated carbocycles. The van der Waals surface area contributed by atoms with Crippen LogP contribution in [-0.4, -0.2) is 11.3 Å². The highest BCUT2D eigenvalue weighted by Crippen LogP contribution is 2.35. The minimum Gasteiger partial charge on any atom is -0.329 e. The van der Waals surface area contributed by atoms with E-state index in [1.54, 1.807) is 6.92 Å². The van der Waals surface area contributed by atoms with Gasteiger partial charge in [-0.2, -0.15) is 0 Å². The molecule has 0 spiro atoms. The van der Waals surface area contributed by atoms with E-state index in [1.807, 2.05) is 0 Å². The van der Waals surface area contributed by atoms with Crippen molar-refractivity contribution in [2.24, 2.45) is 11.3 Å². The molecule has 86 valence electrons. The number of allylic oxidation sites excluding steroid dienone is 2. The van der Waals surface area contributed by atoms with E-state index in [1.165, 1.54) is 6.42 Å². The highest BCUT2D eigenvalue weighted by Gasteiger charge is 2.26. The average molecular weight is 230 g/mol. The summed E-state index contributed by atoms with van der Waals surface area (Å²) < 4.78 is 0. The van der Waals surface area contributed by atoms with E-state index in [9.17, 15) is 4.79 Å². The van der Waals surface area contributed by atoms with Crippen molar-refractivity contribution in [1.29, 1.82) is 0 Å². The van der Waals surface area contributed by atoms with E-state index in [2.05, 4.69) is 32.2 Å². The van der Waals surface area contributed by atoms with Gasteiger partial charge in [-0.25, -0.2) is 0 Å². The van der Waals surface area contributed by atoms with Gasteiger partial charge >= 0.3 is 0 Å². The first-order valence-corrected chi connectivity index (χ1v) is 5.90. The topological polar surface area (TPSA) is 29.1 Å². The van der Waals surface area contributed by atoms with Gasteiger partial charge in [0.2, 0.25) is 5.91 Å². The Bertz CT molecular complexity index is 281. The molecular weight excluding hydrogens is 210 g/mol. The standard InChI is InChI=1S/C12H20ClNO/c1-8-5-10(7-12(3,4)6-8)14-11(15)9(2)13/h7-9H,5-6H2,1-4H3,(H,14,15). The number of hydrogen-bond acceptors (Lipinski definition) is 1. The van der Waals surface area contributed by atoms with Gasteiger partial charge in [0.1, 0.15) is 5.38 Å². The SMILES string of the molecule is CC1CC(NC(=O)C(C)Cl)=CC(C)(C)C1. The molecule has 0 heterocycles. The molecule has 1 amide bonds. The molecule has 0 aliphatic heterocycles. The third kappa shape index (κ3) is 3.86. The van der Waals surface area contributed by atoms with Crippen LogP contribution in [0.15, 0.2) is 11.8 Å². The number of halogens is 1. The summed E-state index contributed by atoms with van der Waals surface area (Å²) in [6.45, 7) is 8.29. The van der Waals surface area contributed by atoms with Crippen molar-refractivity contribution in [2.75, 3.05) is 0 Å². The van der Waals surface area contributed by atoms with Crippen molar-refractivity contribution >= 4 is 17.5 Å². The summed E-state index contributed by atoms with van der Waals surface area (Å²) in [5.41, 5.74) is 1.20. The van der Waals surface area contributed by atoms with Gasteiger partial charge in [0, 0.05) is 5.70 Å². The third-order valence-electron chi connectivity index (χ3n) is 2.65. The quantitative estimate of drug-likeness (QED) is 0.725. The molecule has 0 fully saturated rings. The number of hydrogen-bond donors (Lipinski definition) is 1. The summed E-state index contributed by atoms with van der Waals surface area (Å²) in [5.74, 6) is 0.513. The van der Waals surface area contributed by atoms with E-state index < -0.39 is 5.38 Å². The van der Waals surface area contributed by atoms with Crippen LogP contribution in [0.25, 0.3) is 0 Å². The lowest BCUT2D eigenvalue weighted by atomic mass is 9.76. The van der Waals surface area contributed by atoms with Crippen LogP contribution in [0.5, 0.6) is 0 Å². The van der Waals surface area contributed by atoms with Gasteiger partial charge in [0.25, 0.3) is 0 Å². The number of nitrogens with one attached hydrogen (secondary N) is 1. The Hall–Kier alpha value is -0.500. The second-order valence-electron chi connectivity index (χ2n) is 5.28. The first kappa shape index (κ1) is 12.6. The van der Waals surface area contributed by atoms with Crippen LogP contribution < -0.4 is 5.32 Å². The predicted molar refractivity (Wildman–Crippen MR) is 63.7 cm³/mol. The molecule has 2 nitrogen and oxygen atoms in total. The molecule has 0 aromatic rings. The summed E-state index contributed by atoms with van der Waals surface area (Å²) in [7, 11) is 0. The largest absolute Gasteiger partial charge is 0.329 e. The Morgan fingerprint density at radius 3 is 2.73 bits per heavy atom. The minimum atomic E-state index is -0.466. The van der Waals surface area contributed by atoms with Gasteiger partial charge < -0.3 is 5.32 Å². The smallest absolute Gasteiger partial charge is 0.241 e. The fourth-order valence-electron chi connectivity index (χ4n) is 2.28. The van der Waals surface area contributed by atoms with Crippen molar-refractivity contribution in [3.8, 4) is 0 Å². The number of amides is 1. The van der Waals surface area contributed by atoms with Gasteiger partial charge in [0.05, 0.1) is 0 Å². The maximum atomic E-state index is 11.4. The van der Waals surface area contributed by atoms with Crippen molar-refractivity contribution in [2.45, 2.75) is 45.9 Å². The second-order valence-corrected chi connectivity index (χ2v) is 5.93. The normalized spacial score (nSPS) is 26.7. The summed E-state index contributed by atoms with van der Waals surface area (Å²) >= 11 is 5.72. The highest BCUT2D eigenvalue weighted by molar-refractivity contribution is 6.30. The summed E-state index contributed by atoms with van der Waals surface area (Å²) in [6, 6.07) is 0. The van der Waals surface area contributed by atoms with Crippen molar-refractivity contribution in [3.63, 3.8) is 0 Å². The molecule has 0 bridgehead atoms. The average Bonchev–Trinajstić information content (AvgIpc) is 1.99. The Morgan fingerprint density at radius 1 is 1.67 bits per heavy atom. The molecule has 1 aliphatic carbocycles. The zero-order valence-electron chi connectivity index (χ0n) is 9.93.